The summed E-state index contributed by atoms with van der Waals surface area (Å²) in [6, 6.07) is 1.71. The van der Waals surface area contributed by atoms with Crippen LogP contribution >= 0.6 is 0 Å². The van der Waals surface area contributed by atoms with Crippen LogP contribution in [0.2, 0.25) is 0 Å². The lowest BCUT2D eigenvalue weighted by molar-refractivity contribution is 0.244. The van der Waals surface area contributed by atoms with Crippen molar-refractivity contribution < 1.29 is 9.32 Å². The first-order valence-electron chi connectivity index (χ1n) is 6.33. The molecule has 1 heterocycles. The third kappa shape index (κ3) is 4.09. The molecule has 0 saturated heterocycles. The zero-order valence-electron chi connectivity index (χ0n) is 9.95. The van der Waals surface area contributed by atoms with Gasteiger partial charge in [0, 0.05) is 12.1 Å². The van der Waals surface area contributed by atoms with Crippen LogP contribution < -0.4 is 10.6 Å². The van der Waals surface area contributed by atoms with E-state index in [2.05, 4.69) is 15.8 Å². The van der Waals surface area contributed by atoms with Gasteiger partial charge in [0.15, 0.2) is 0 Å². The van der Waals surface area contributed by atoms with Crippen molar-refractivity contribution in [3.05, 3.63) is 12.3 Å². The number of rotatable bonds is 2. The Labute approximate surface area is 101 Å². The van der Waals surface area contributed by atoms with Gasteiger partial charge in [-0.25, -0.2) is 4.79 Å². The quantitative estimate of drug-likeness (QED) is 0.831. The molecule has 17 heavy (non-hydrogen) atoms. The topological polar surface area (TPSA) is 67.2 Å². The lowest BCUT2D eigenvalue weighted by Gasteiger charge is -2.20. The fraction of sp³-hybridized carbons (Fsp3) is 0.667. The normalized spacial score (nSPS) is 18.1. The SMILES string of the molecule is O=C(Nc1ccno1)NC1CCCCCCC1. The number of carbonyl (C=O) groups excluding carboxylic acids is 1. The summed E-state index contributed by atoms with van der Waals surface area (Å²) >= 11 is 0. The molecule has 0 radical (unpaired) electrons. The summed E-state index contributed by atoms with van der Waals surface area (Å²) in [4.78, 5) is 11.7. The lowest BCUT2D eigenvalue weighted by atomic mass is 9.97. The van der Waals surface area contributed by atoms with Crippen molar-refractivity contribution in [3.63, 3.8) is 0 Å². The first kappa shape index (κ1) is 12.0. The minimum Gasteiger partial charge on any atom is -0.338 e. The number of aromatic nitrogens is 1. The summed E-state index contributed by atoms with van der Waals surface area (Å²) < 4.78 is 4.82. The van der Waals surface area contributed by atoms with Gasteiger partial charge < -0.3 is 9.84 Å². The molecule has 0 spiro atoms. The molecule has 1 aromatic heterocycles. The van der Waals surface area contributed by atoms with Crippen LogP contribution in [0, 0.1) is 0 Å². The number of hydrogen-bond donors (Lipinski definition) is 2. The van der Waals surface area contributed by atoms with Crippen LogP contribution in [0.1, 0.15) is 44.9 Å². The average Bonchev–Trinajstić information content (AvgIpc) is 2.74. The summed E-state index contributed by atoms with van der Waals surface area (Å²) in [5, 5.41) is 9.15. The molecule has 94 valence electrons. The second-order valence-corrected chi connectivity index (χ2v) is 4.52. The summed E-state index contributed by atoms with van der Waals surface area (Å²) in [5.41, 5.74) is 0. The van der Waals surface area contributed by atoms with Crippen molar-refractivity contribution in [1.82, 2.24) is 10.5 Å². The summed E-state index contributed by atoms with van der Waals surface area (Å²) in [5.74, 6) is 0.383. The van der Waals surface area contributed by atoms with E-state index in [0.717, 1.165) is 12.8 Å². The lowest BCUT2D eigenvalue weighted by Crippen LogP contribution is -2.38. The van der Waals surface area contributed by atoms with E-state index in [0.29, 0.717) is 11.9 Å². The second-order valence-electron chi connectivity index (χ2n) is 4.52. The number of nitrogens with one attached hydrogen (secondary N) is 2. The van der Waals surface area contributed by atoms with Crippen molar-refractivity contribution in [3.8, 4) is 0 Å². The van der Waals surface area contributed by atoms with Crippen molar-refractivity contribution >= 4 is 11.9 Å². The van der Waals surface area contributed by atoms with Crippen LogP contribution in [0.4, 0.5) is 10.7 Å². The molecule has 5 heteroatoms. The predicted octanol–water partition coefficient (Wildman–Crippen LogP) is 2.91. The molecule has 2 rings (SSSR count). The Morgan fingerprint density at radius 3 is 2.59 bits per heavy atom. The van der Waals surface area contributed by atoms with E-state index < -0.39 is 0 Å². The number of anilines is 1. The van der Waals surface area contributed by atoms with Gasteiger partial charge in [-0.3, -0.25) is 5.32 Å². The van der Waals surface area contributed by atoms with E-state index in [4.69, 9.17) is 4.52 Å². The largest absolute Gasteiger partial charge is 0.338 e. The molecule has 0 unspecified atom stereocenters. The minimum atomic E-state index is -0.202. The van der Waals surface area contributed by atoms with Crippen LogP contribution in [-0.4, -0.2) is 17.2 Å². The Hall–Kier alpha value is -1.52. The maximum Gasteiger partial charge on any atom is 0.321 e. The molecule has 0 aromatic carbocycles. The Kier molecular flexibility index (Phi) is 4.41. The van der Waals surface area contributed by atoms with Crippen LogP contribution in [-0.2, 0) is 0 Å². The molecule has 1 aliphatic rings. The molecule has 1 aromatic rings. The van der Waals surface area contributed by atoms with Crippen molar-refractivity contribution in [1.29, 1.82) is 0 Å². The van der Waals surface area contributed by atoms with Gasteiger partial charge in [0.2, 0.25) is 5.88 Å². The highest BCUT2D eigenvalue weighted by Gasteiger charge is 2.14. The maximum absolute atomic E-state index is 11.7. The number of urea groups is 1. The zero-order valence-corrected chi connectivity index (χ0v) is 9.95. The molecule has 0 bridgehead atoms. The van der Waals surface area contributed by atoms with Gasteiger partial charge in [-0.1, -0.05) is 37.3 Å². The number of hydrogen-bond acceptors (Lipinski definition) is 3. The Morgan fingerprint density at radius 1 is 1.24 bits per heavy atom. The molecule has 2 amide bonds. The predicted molar refractivity (Wildman–Crippen MR) is 64.8 cm³/mol. The van der Waals surface area contributed by atoms with Crippen molar-refractivity contribution in [2.45, 2.75) is 51.0 Å². The highest BCUT2D eigenvalue weighted by atomic mass is 16.5. The van der Waals surface area contributed by atoms with E-state index in [1.54, 1.807) is 6.07 Å². The van der Waals surface area contributed by atoms with E-state index >= 15 is 0 Å². The van der Waals surface area contributed by atoms with Crippen LogP contribution in [0.3, 0.4) is 0 Å². The fourth-order valence-corrected chi connectivity index (χ4v) is 2.21. The number of nitrogens with zero attached hydrogens (tertiary/aromatic N) is 1. The Bertz CT molecular complexity index is 330. The molecule has 0 atom stereocenters. The van der Waals surface area contributed by atoms with Gasteiger partial charge in [-0.2, -0.15) is 0 Å². The standard InChI is InChI=1S/C12H19N3O2/c16-12(15-11-8-9-13-17-11)14-10-6-4-2-1-3-5-7-10/h8-10H,1-7H2,(H2,14,15,16). The third-order valence-electron chi connectivity index (χ3n) is 3.11. The molecule has 0 aliphatic heterocycles. The second kappa shape index (κ2) is 6.27. The van der Waals surface area contributed by atoms with Crippen LogP contribution in [0.15, 0.2) is 16.8 Å². The van der Waals surface area contributed by atoms with Gasteiger partial charge >= 0.3 is 6.03 Å². The van der Waals surface area contributed by atoms with Crippen LogP contribution in [0.25, 0.3) is 0 Å². The maximum atomic E-state index is 11.7. The van der Waals surface area contributed by atoms with E-state index in [1.165, 1.54) is 38.3 Å². The zero-order chi connectivity index (χ0) is 11.9. The van der Waals surface area contributed by atoms with Gasteiger partial charge in [0.1, 0.15) is 0 Å². The van der Waals surface area contributed by atoms with E-state index in [-0.39, 0.29) is 6.03 Å². The molecule has 1 aliphatic carbocycles. The molecular weight excluding hydrogens is 218 g/mol. The summed E-state index contributed by atoms with van der Waals surface area (Å²) in [7, 11) is 0. The first-order valence-corrected chi connectivity index (χ1v) is 6.33. The summed E-state index contributed by atoms with van der Waals surface area (Å²) in [6.45, 7) is 0. The van der Waals surface area contributed by atoms with Gasteiger partial charge in [0.05, 0.1) is 6.20 Å². The Morgan fingerprint density at radius 2 is 1.94 bits per heavy atom. The third-order valence-corrected chi connectivity index (χ3v) is 3.11. The molecule has 1 saturated carbocycles. The highest BCUT2D eigenvalue weighted by molar-refractivity contribution is 5.87. The van der Waals surface area contributed by atoms with Crippen molar-refractivity contribution in [2.75, 3.05) is 5.32 Å². The number of carbonyl (C=O) groups is 1. The van der Waals surface area contributed by atoms with Gasteiger partial charge in [0.25, 0.3) is 0 Å². The minimum absolute atomic E-state index is 0.202. The monoisotopic (exact) mass is 237 g/mol. The van der Waals surface area contributed by atoms with Gasteiger partial charge in [-0.05, 0) is 12.8 Å². The first-order chi connectivity index (χ1) is 8.34. The molecule has 5 nitrogen and oxygen atoms in total. The van der Waals surface area contributed by atoms with E-state index in [1.807, 2.05) is 0 Å². The highest BCUT2D eigenvalue weighted by Crippen LogP contribution is 2.17. The summed E-state index contributed by atoms with van der Waals surface area (Å²) in [6.07, 6.45) is 9.94. The molecule has 1 fully saturated rings. The van der Waals surface area contributed by atoms with Crippen molar-refractivity contribution in [2.24, 2.45) is 0 Å². The molecular formula is C12H19N3O2. The van der Waals surface area contributed by atoms with Crippen LogP contribution in [0.5, 0.6) is 0 Å². The Balaban J connectivity index is 1.76. The fourth-order valence-electron chi connectivity index (χ4n) is 2.21. The molecule has 2 N–H and O–H groups in total. The average molecular weight is 237 g/mol. The van der Waals surface area contributed by atoms with E-state index in [9.17, 15) is 4.79 Å². The number of amides is 2. The smallest absolute Gasteiger partial charge is 0.321 e. The van der Waals surface area contributed by atoms with Gasteiger partial charge in [-0.15, -0.1) is 0 Å².